The number of likely N-dealkylation sites (N-methyl/N-ethyl adjacent to an activating group) is 2. The Morgan fingerprint density at radius 1 is 1.30 bits per heavy atom. The molecule has 1 aliphatic heterocycles. The number of aldehydes is 1. The fraction of sp³-hybridized carbons (Fsp3) is 0.458. The van der Waals surface area contributed by atoms with Gasteiger partial charge < -0.3 is 19.9 Å². The van der Waals surface area contributed by atoms with Gasteiger partial charge >= 0.3 is 5.97 Å². The summed E-state index contributed by atoms with van der Waals surface area (Å²) in [5.74, 6) is -0.665. The van der Waals surface area contributed by atoms with Gasteiger partial charge in [-0.15, -0.1) is 11.3 Å². The molecule has 0 radical (unpaired) electrons. The molecule has 1 saturated heterocycles. The van der Waals surface area contributed by atoms with Gasteiger partial charge in [0.2, 0.25) is 15.9 Å². The van der Waals surface area contributed by atoms with Crippen LogP contribution in [0.15, 0.2) is 35.2 Å². The highest BCUT2D eigenvalue weighted by Crippen LogP contribution is 2.29. The Hall–Kier alpha value is -2.35. The van der Waals surface area contributed by atoms with E-state index in [1.54, 1.807) is 43.1 Å². The summed E-state index contributed by atoms with van der Waals surface area (Å²) >= 11 is 6.78. The molecule has 1 atom stereocenters. The number of thiophene rings is 1. The van der Waals surface area contributed by atoms with Crippen LogP contribution in [0.1, 0.15) is 28.1 Å². The Balaban J connectivity index is 0.000000510. The average molecular weight is 573 g/mol. The second-order valence-corrected chi connectivity index (χ2v) is 11.9. The zero-order chi connectivity index (χ0) is 27.6. The number of halogens is 1. The van der Waals surface area contributed by atoms with E-state index < -0.39 is 22.0 Å². The number of ether oxygens (including phenoxy) is 1. The molecule has 1 fully saturated rings. The minimum atomic E-state index is -4.01. The molecule has 204 valence electrons. The molecule has 1 aromatic heterocycles. The Bertz CT molecular complexity index is 1190. The van der Waals surface area contributed by atoms with Crippen molar-refractivity contribution < 1.29 is 27.5 Å². The molecule has 2 heterocycles. The van der Waals surface area contributed by atoms with Gasteiger partial charge in [0, 0.05) is 31.7 Å². The van der Waals surface area contributed by atoms with E-state index in [1.807, 2.05) is 19.0 Å². The van der Waals surface area contributed by atoms with Crippen LogP contribution in [-0.4, -0.2) is 84.9 Å². The third-order valence-electron chi connectivity index (χ3n) is 5.39. The molecule has 1 amide bonds. The first kappa shape index (κ1) is 30.9. The van der Waals surface area contributed by atoms with Crippen LogP contribution in [0.4, 0.5) is 5.69 Å². The lowest BCUT2D eigenvalue weighted by atomic mass is 10.2. The number of hydrogen-bond donors (Lipinski definition) is 2. The maximum Gasteiger partial charge on any atom is 0.325 e. The number of esters is 1. The molecule has 0 saturated carbocycles. The van der Waals surface area contributed by atoms with E-state index in [2.05, 4.69) is 10.0 Å². The van der Waals surface area contributed by atoms with E-state index in [0.29, 0.717) is 40.0 Å². The van der Waals surface area contributed by atoms with Crippen molar-refractivity contribution in [2.75, 3.05) is 52.3 Å². The quantitative estimate of drug-likeness (QED) is 0.310. The van der Waals surface area contributed by atoms with Crippen LogP contribution in [0.3, 0.4) is 0 Å². The molecule has 0 bridgehead atoms. The van der Waals surface area contributed by atoms with Crippen molar-refractivity contribution in [2.24, 2.45) is 0 Å². The monoisotopic (exact) mass is 572 g/mol. The second-order valence-electron chi connectivity index (χ2n) is 8.51. The first-order valence-electron chi connectivity index (χ1n) is 11.6. The molecule has 0 unspecified atom stereocenters. The second kappa shape index (κ2) is 14.6. The highest BCUT2D eigenvalue weighted by atomic mass is 35.5. The van der Waals surface area contributed by atoms with E-state index in [1.165, 1.54) is 17.4 Å². The van der Waals surface area contributed by atoms with Gasteiger partial charge in [-0.25, -0.2) is 8.42 Å². The Morgan fingerprint density at radius 2 is 2.03 bits per heavy atom. The van der Waals surface area contributed by atoms with Gasteiger partial charge in [0.05, 0.1) is 14.1 Å². The number of hydrogen-bond acceptors (Lipinski definition) is 9. The molecule has 10 nitrogen and oxygen atoms in total. The minimum absolute atomic E-state index is 0.0202. The van der Waals surface area contributed by atoms with Crippen molar-refractivity contribution in [3.05, 3.63) is 45.1 Å². The number of sulfonamides is 1. The number of nitrogens with zero attached hydrogens (tertiary/aromatic N) is 2. The lowest BCUT2D eigenvalue weighted by Gasteiger charge is -2.22. The standard InChI is InChI=1S/C19H30N4O5S.C5H3ClOS/c1-14-16(23-10-6-9-18(23)24)7-5-8-17(14)29(26,27)21-15(13-20-2)19(25)28-12-11-22(3)4;6-5-2-1-4(3-7)8-5/h5,7-8,15,20-21H,6,9-13H2,1-4H3;1-3H/t15-;/m0./s1. The number of carbonyl (C=O) groups is 3. The van der Waals surface area contributed by atoms with Crippen molar-refractivity contribution in [1.29, 1.82) is 0 Å². The summed E-state index contributed by atoms with van der Waals surface area (Å²) < 4.78 is 34.3. The van der Waals surface area contributed by atoms with Crippen LogP contribution in [0.5, 0.6) is 0 Å². The molecule has 2 aromatic rings. The molecule has 37 heavy (non-hydrogen) atoms. The van der Waals surface area contributed by atoms with Crippen LogP contribution in [0.25, 0.3) is 0 Å². The highest BCUT2D eigenvalue weighted by molar-refractivity contribution is 7.89. The predicted octanol–water partition coefficient (Wildman–Crippen LogP) is 2.31. The van der Waals surface area contributed by atoms with Gasteiger partial charge in [-0.1, -0.05) is 17.7 Å². The number of rotatable bonds is 11. The minimum Gasteiger partial charge on any atom is -0.463 e. The summed E-state index contributed by atoms with van der Waals surface area (Å²) in [6.45, 7) is 3.02. The lowest BCUT2D eigenvalue weighted by molar-refractivity contribution is -0.145. The fourth-order valence-corrected chi connectivity index (χ4v) is 5.86. The Morgan fingerprint density at radius 3 is 2.54 bits per heavy atom. The third-order valence-corrected chi connectivity index (χ3v) is 8.17. The van der Waals surface area contributed by atoms with E-state index in [0.717, 1.165) is 12.7 Å². The normalized spacial score (nSPS) is 14.3. The van der Waals surface area contributed by atoms with Gasteiger partial charge in [0.15, 0.2) is 6.29 Å². The average Bonchev–Trinajstić information content (AvgIpc) is 3.46. The maximum atomic E-state index is 13.0. The lowest BCUT2D eigenvalue weighted by Crippen LogP contribution is -2.47. The fourth-order valence-electron chi connectivity index (χ4n) is 3.54. The molecule has 13 heteroatoms. The maximum absolute atomic E-state index is 13.0. The van der Waals surface area contributed by atoms with Crippen LogP contribution >= 0.6 is 22.9 Å². The summed E-state index contributed by atoms with van der Waals surface area (Å²) in [6, 6.07) is 7.14. The first-order chi connectivity index (χ1) is 17.5. The number of benzene rings is 1. The molecule has 0 spiro atoms. The van der Waals surface area contributed by atoms with Crippen molar-refractivity contribution in [3.63, 3.8) is 0 Å². The summed E-state index contributed by atoms with van der Waals surface area (Å²) in [5, 5.41) is 2.81. The largest absolute Gasteiger partial charge is 0.463 e. The SMILES string of the molecule is CNC[C@H](NS(=O)(=O)c1cccc(N2CCCC2=O)c1C)C(=O)OCCN(C)C.O=Cc1ccc(Cl)s1. The molecule has 1 aliphatic rings. The first-order valence-corrected chi connectivity index (χ1v) is 14.3. The van der Waals surface area contributed by atoms with E-state index in [-0.39, 0.29) is 24.0 Å². The van der Waals surface area contributed by atoms with Gasteiger partial charge in [-0.2, -0.15) is 4.72 Å². The predicted molar refractivity (Wildman–Crippen MR) is 145 cm³/mol. The number of anilines is 1. The number of nitrogens with one attached hydrogen (secondary N) is 2. The molecular weight excluding hydrogens is 540 g/mol. The summed E-state index contributed by atoms with van der Waals surface area (Å²) in [7, 11) is 1.32. The van der Waals surface area contributed by atoms with E-state index in [9.17, 15) is 22.8 Å². The Kier molecular flexibility index (Phi) is 12.1. The van der Waals surface area contributed by atoms with Crippen molar-refractivity contribution >= 4 is 56.8 Å². The van der Waals surface area contributed by atoms with Crippen molar-refractivity contribution in [1.82, 2.24) is 14.9 Å². The van der Waals surface area contributed by atoms with Gasteiger partial charge in [0.25, 0.3) is 0 Å². The van der Waals surface area contributed by atoms with Crippen molar-refractivity contribution in [2.45, 2.75) is 30.7 Å². The summed E-state index contributed by atoms with van der Waals surface area (Å²) in [6.07, 6.45) is 1.99. The number of carbonyl (C=O) groups excluding carboxylic acids is 3. The van der Waals surface area contributed by atoms with Crippen LogP contribution in [-0.2, 0) is 24.3 Å². The smallest absolute Gasteiger partial charge is 0.325 e. The molecule has 0 aliphatic carbocycles. The van der Waals surface area contributed by atoms with Crippen molar-refractivity contribution in [3.8, 4) is 0 Å². The van der Waals surface area contributed by atoms with Crippen LogP contribution in [0, 0.1) is 6.92 Å². The molecule has 2 N–H and O–H groups in total. The molecule has 3 rings (SSSR count). The number of amides is 1. The molecule has 1 aromatic carbocycles. The van der Waals surface area contributed by atoms with E-state index >= 15 is 0 Å². The zero-order valence-corrected chi connectivity index (χ0v) is 23.7. The topological polar surface area (TPSA) is 125 Å². The zero-order valence-electron chi connectivity index (χ0n) is 21.3. The van der Waals surface area contributed by atoms with Gasteiger partial charge in [-0.05, 0) is 64.3 Å². The van der Waals surface area contributed by atoms with Gasteiger partial charge in [0.1, 0.15) is 12.6 Å². The van der Waals surface area contributed by atoms with Crippen LogP contribution in [0.2, 0.25) is 4.34 Å². The van der Waals surface area contributed by atoms with Crippen LogP contribution < -0.4 is 14.9 Å². The molecular formula is C24H33ClN4O6S2. The van der Waals surface area contributed by atoms with Gasteiger partial charge in [-0.3, -0.25) is 14.4 Å². The van der Waals surface area contributed by atoms with E-state index in [4.69, 9.17) is 16.3 Å². The Labute approximate surface area is 227 Å². The third kappa shape index (κ3) is 9.16. The summed E-state index contributed by atoms with van der Waals surface area (Å²) in [4.78, 5) is 38.6. The summed E-state index contributed by atoms with van der Waals surface area (Å²) in [5.41, 5.74) is 1.05. The highest BCUT2D eigenvalue weighted by Gasteiger charge is 2.30.